The van der Waals surface area contributed by atoms with E-state index in [1.807, 2.05) is 36.4 Å². The topological polar surface area (TPSA) is 105 Å². The third-order valence-electron chi connectivity index (χ3n) is 7.07. The highest BCUT2D eigenvalue weighted by Gasteiger charge is 2.31. The largest absolute Gasteiger partial charge is 0.481 e. The molecule has 0 bridgehead atoms. The molecule has 3 atom stereocenters. The lowest BCUT2D eigenvalue weighted by Gasteiger charge is -2.23. The number of carbonyl (C=O) groups is 3. The molecule has 0 spiro atoms. The number of fused-ring (bicyclic) bond motifs is 3. The Kier molecular flexibility index (Phi) is 6.40. The molecule has 180 valence electrons. The molecule has 0 heterocycles. The zero-order valence-electron chi connectivity index (χ0n) is 19.3. The first kappa shape index (κ1) is 22.9. The van der Waals surface area contributed by atoms with E-state index in [4.69, 9.17) is 4.74 Å². The summed E-state index contributed by atoms with van der Waals surface area (Å²) in [4.78, 5) is 36.4. The van der Waals surface area contributed by atoms with Crippen molar-refractivity contribution in [1.29, 1.82) is 0 Å². The lowest BCUT2D eigenvalue weighted by molar-refractivity contribution is -0.142. The van der Waals surface area contributed by atoms with E-state index < -0.39 is 18.0 Å². The van der Waals surface area contributed by atoms with Crippen molar-refractivity contribution in [3.63, 3.8) is 0 Å². The maximum atomic E-state index is 12.7. The summed E-state index contributed by atoms with van der Waals surface area (Å²) in [7, 11) is 0. The van der Waals surface area contributed by atoms with Gasteiger partial charge >= 0.3 is 12.1 Å². The second kappa shape index (κ2) is 9.78. The Morgan fingerprint density at radius 1 is 0.943 bits per heavy atom. The molecule has 5 rings (SSSR count). The first-order valence-electron chi connectivity index (χ1n) is 12.0. The average molecular weight is 473 g/mol. The number of hydrogen-bond donors (Lipinski definition) is 3. The van der Waals surface area contributed by atoms with E-state index in [0.29, 0.717) is 31.3 Å². The van der Waals surface area contributed by atoms with Crippen LogP contribution in [0.4, 0.5) is 4.79 Å². The van der Waals surface area contributed by atoms with Gasteiger partial charge in [0.15, 0.2) is 0 Å². The van der Waals surface area contributed by atoms with E-state index >= 15 is 0 Å². The van der Waals surface area contributed by atoms with Crippen LogP contribution in [-0.2, 0) is 14.3 Å². The van der Waals surface area contributed by atoms with Crippen LogP contribution in [-0.4, -0.2) is 41.8 Å². The number of carboxylic acids is 1. The maximum absolute atomic E-state index is 12.7. The number of ether oxygens (including phenoxy) is 1. The molecule has 3 aliphatic rings. The summed E-state index contributed by atoms with van der Waals surface area (Å²) >= 11 is 0. The number of carbonyl (C=O) groups excluding carboxylic acids is 2. The summed E-state index contributed by atoms with van der Waals surface area (Å²) < 4.78 is 5.61. The molecule has 3 N–H and O–H groups in total. The van der Waals surface area contributed by atoms with E-state index in [0.717, 1.165) is 11.1 Å². The van der Waals surface area contributed by atoms with Crippen molar-refractivity contribution in [2.45, 2.75) is 43.7 Å². The van der Waals surface area contributed by atoms with E-state index in [-0.39, 0.29) is 30.5 Å². The number of carboxylic acid groups (broad SMARTS) is 1. The molecule has 0 fully saturated rings. The molecule has 2 aromatic rings. The standard InChI is InChI=1S/C28H28N2O5/c31-26(29-19-7-5-6-18(15-19)27(32)33)17-12-13-20(14-17)30-28(34)35-16-25-23-10-3-1-8-21(23)22-9-2-4-11-24(22)25/h1-5,7-12,18-20,25H,6,13-16H2,(H,29,31)(H,30,34)(H,32,33)/t18-,19-,20?/m1/s1. The van der Waals surface area contributed by atoms with Crippen LogP contribution in [0.25, 0.3) is 11.1 Å². The van der Waals surface area contributed by atoms with E-state index in [1.54, 1.807) is 6.08 Å². The summed E-state index contributed by atoms with van der Waals surface area (Å²) in [6.45, 7) is 0.242. The van der Waals surface area contributed by atoms with Gasteiger partial charge in [0.05, 0.1) is 5.92 Å². The lowest BCUT2D eigenvalue weighted by atomic mass is 9.91. The fraction of sp³-hybridized carbons (Fsp3) is 0.321. The molecule has 0 aliphatic heterocycles. The molecular weight excluding hydrogens is 444 g/mol. The summed E-state index contributed by atoms with van der Waals surface area (Å²) in [5.74, 6) is -1.55. The van der Waals surface area contributed by atoms with Crippen LogP contribution in [0.1, 0.15) is 42.7 Å². The van der Waals surface area contributed by atoms with Gasteiger partial charge < -0.3 is 20.5 Å². The molecule has 35 heavy (non-hydrogen) atoms. The zero-order valence-corrected chi connectivity index (χ0v) is 19.3. The molecule has 0 radical (unpaired) electrons. The van der Waals surface area contributed by atoms with Crippen molar-refractivity contribution < 1.29 is 24.2 Å². The zero-order chi connectivity index (χ0) is 24.4. The lowest BCUT2D eigenvalue weighted by Crippen LogP contribution is -2.39. The highest BCUT2D eigenvalue weighted by atomic mass is 16.5. The van der Waals surface area contributed by atoms with Crippen molar-refractivity contribution in [1.82, 2.24) is 10.6 Å². The predicted octanol–water partition coefficient (Wildman–Crippen LogP) is 4.15. The Labute approximate surface area is 203 Å². The Balaban J connectivity index is 1.12. The Bertz CT molecular complexity index is 1170. The molecule has 7 heteroatoms. The van der Waals surface area contributed by atoms with Gasteiger partial charge in [-0.3, -0.25) is 9.59 Å². The molecule has 1 unspecified atom stereocenters. The van der Waals surface area contributed by atoms with Gasteiger partial charge in [0, 0.05) is 23.6 Å². The minimum atomic E-state index is -0.846. The monoisotopic (exact) mass is 472 g/mol. The number of hydrogen-bond acceptors (Lipinski definition) is 4. The summed E-state index contributed by atoms with van der Waals surface area (Å²) in [5.41, 5.74) is 5.26. The number of alkyl carbamates (subject to hydrolysis) is 1. The van der Waals surface area contributed by atoms with Gasteiger partial charge in [-0.25, -0.2) is 4.79 Å². The van der Waals surface area contributed by atoms with E-state index in [1.165, 1.54) is 11.1 Å². The molecule has 0 aromatic heterocycles. The van der Waals surface area contributed by atoms with Crippen LogP contribution >= 0.6 is 0 Å². The average Bonchev–Trinajstić information content (AvgIpc) is 3.46. The second-order valence-electron chi connectivity index (χ2n) is 9.35. The van der Waals surface area contributed by atoms with Gasteiger partial charge in [-0.15, -0.1) is 0 Å². The first-order valence-corrected chi connectivity index (χ1v) is 12.0. The van der Waals surface area contributed by atoms with Gasteiger partial charge in [-0.1, -0.05) is 66.8 Å². The third kappa shape index (κ3) is 4.85. The number of nitrogens with one attached hydrogen (secondary N) is 2. The first-order chi connectivity index (χ1) is 17.0. The normalized spacial score (nSPS) is 22.6. The summed E-state index contributed by atoms with van der Waals surface area (Å²) in [5, 5.41) is 15.0. The molecule has 7 nitrogen and oxygen atoms in total. The van der Waals surface area contributed by atoms with Crippen LogP contribution < -0.4 is 10.6 Å². The van der Waals surface area contributed by atoms with E-state index in [2.05, 4.69) is 34.9 Å². The number of benzene rings is 2. The quantitative estimate of drug-likeness (QED) is 0.548. The highest BCUT2D eigenvalue weighted by molar-refractivity contribution is 5.94. The number of aliphatic carboxylic acids is 1. The second-order valence-corrected chi connectivity index (χ2v) is 9.35. The summed E-state index contributed by atoms with van der Waals surface area (Å²) in [6, 6.07) is 15.9. The fourth-order valence-electron chi connectivity index (χ4n) is 5.28. The Hall–Kier alpha value is -3.87. The molecule has 0 saturated heterocycles. The minimum Gasteiger partial charge on any atom is -0.481 e. The predicted molar refractivity (Wildman–Crippen MR) is 131 cm³/mol. The van der Waals surface area contributed by atoms with Gasteiger partial charge in [0.25, 0.3) is 0 Å². The van der Waals surface area contributed by atoms with Gasteiger partial charge in [0.1, 0.15) is 6.61 Å². The maximum Gasteiger partial charge on any atom is 0.407 e. The number of amides is 2. The minimum absolute atomic E-state index is 0.00521. The number of allylic oxidation sites excluding steroid dienone is 1. The highest BCUT2D eigenvalue weighted by Crippen LogP contribution is 2.44. The van der Waals surface area contributed by atoms with Crippen LogP contribution in [0.5, 0.6) is 0 Å². The fourth-order valence-corrected chi connectivity index (χ4v) is 5.28. The van der Waals surface area contributed by atoms with Crippen LogP contribution in [0, 0.1) is 5.92 Å². The van der Waals surface area contributed by atoms with Crippen molar-refractivity contribution in [3.05, 3.63) is 83.5 Å². The molecule has 3 aliphatic carbocycles. The van der Waals surface area contributed by atoms with Gasteiger partial charge in [-0.2, -0.15) is 0 Å². The molecule has 2 amide bonds. The van der Waals surface area contributed by atoms with Crippen molar-refractivity contribution in [2.75, 3.05) is 6.61 Å². The van der Waals surface area contributed by atoms with Gasteiger partial charge in [-0.05, 0) is 47.9 Å². The van der Waals surface area contributed by atoms with Crippen LogP contribution in [0.15, 0.2) is 72.3 Å². The SMILES string of the molecule is O=C(NC1CC=C(C(=O)N[C@@H]2C=CC[C@@H](C(=O)O)C2)C1)OCC1c2ccccc2-c2ccccc21. The van der Waals surface area contributed by atoms with Crippen molar-refractivity contribution in [3.8, 4) is 11.1 Å². The molecule has 2 aromatic carbocycles. The Morgan fingerprint density at radius 2 is 1.63 bits per heavy atom. The van der Waals surface area contributed by atoms with E-state index in [9.17, 15) is 19.5 Å². The molecular formula is C28H28N2O5. The van der Waals surface area contributed by atoms with Crippen LogP contribution in [0.2, 0.25) is 0 Å². The van der Waals surface area contributed by atoms with Gasteiger partial charge in [0.2, 0.25) is 5.91 Å². The summed E-state index contributed by atoms with van der Waals surface area (Å²) in [6.07, 6.45) is 6.80. The smallest absolute Gasteiger partial charge is 0.407 e. The Morgan fingerprint density at radius 3 is 2.31 bits per heavy atom. The van der Waals surface area contributed by atoms with Crippen molar-refractivity contribution >= 4 is 18.0 Å². The third-order valence-corrected chi connectivity index (χ3v) is 7.07. The number of rotatable bonds is 6. The molecule has 0 saturated carbocycles. The van der Waals surface area contributed by atoms with Crippen molar-refractivity contribution in [2.24, 2.45) is 5.92 Å². The van der Waals surface area contributed by atoms with Crippen LogP contribution in [0.3, 0.4) is 0 Å².